The van der Waals surface area contributed by atoms with Crippen LogP contribution in [0.3, 0.4) is 0 Å². The zero-order valence-corrected chi connectivity index (χ0v) is 13.3. The maximum Gasteiger partial charge on any atom is 0.436 e. The van der Waals surface area contributed by atoms with Gasteiger partial charge in [0, 0.05) is 0 Å². The van der Waals surface area contributed by atoms with Crippen LogP contribution in [0.25, 0.3) is 0 Å². The van der Waals surface area contributed by atoms with Crippen LogP contribution in [0.2, 0.25) is 0 Å². The monoisotopic (exact) mass is 500 g/mol. The van der Waals surface area contributed by atoms with Crippen molar-refractivity contribution in [3.63, 3.8) is 0 Å². The van der Waals surface area contributed by atoms with E-state index in [1.54, 1.807) is 0 Å². The maximum absolute atomic E-state index is 13.0. The van der Waals surface area contributed by atoms with E-state index in [-0.39, 0.29) is 0 Å². The molecule has 0 saturated heterocycles. The van der Waals surface area contributed by atoms with E-state index in [9.17, 15) is 70.2 Å². The van der Waals surface area contributed by atoms with Gasteiger partial charge in [-0.15, -0.1) is 0 Å². The van der Waals surface area contributed by atoms with Crippen molar-refractivity contribution in [3.05, 3.63) is 0 Å². The normalized spacial score (nSPS) is 16.5. The zero-order valence-electron chi connectivity index (χ0n) is 11.7. The number of halogens is 17. The molecular weight excluding hydrogens is 500 g/mol. The zero-order chi connectivity index (χ0) is 23.4. The fraction of sp³-hybridized carbons (Fsp3) is 1.00. The van der Waals surface area contributed by atoms with E-state index in [1.807, 2.05) is 0 Å². The quantitative estimate of drug-likeness (QED) is 0.227. The fourth-order valence-corrected chi connectivity index (χ4v) is 1.36. The number of rotatable bonds is 9. The van der Waals surface area contributed by atoms with Crippen LogP contribution < -0.4 is 0 Å². The Morgan fingerprint density at radius 1 is 0.536 bits per heavy atom. The first kappa shape index (κ1) is 27.4. The van der Waals surface area contributed by atoms with E-state index >= 15 is 0 Å². The van der Waals surface area contributed by atoms with Crippen LogP contribution in [0.1, 0.15) is 0 Å². The average Bonchev–Trinajstić information content (AvgIpc) is 2.43. The van der Waals surface area contributed by atoms with E-state index in [1.165, 1.54) is 4.74 Å². The molecule has 0 radical (unpaired) electrons. The van der Waals surface area contributed by atoms with E-state index in [0.29, 0.717) is 0 Å². The van der Waals surface area contributed by atoms with Gasteiger partial charge in [-0.1, -0.05) is 0 Å². The average molecular weight is 501 g/mol. The van der Waals surface area contributed by atoms with Gasteiger partial charge in [-0.3, -0.25) is 0 Å². The molecule has 0 aromatic carbocycles. The minimum atomic E-state index is -8.34. The largest absolute Gasteiger partial charge is 0.436 e. The lowest BCUT2D eigenvalue weighted by Gasteiger charge is -2.40. The predicted octanol–water partition coefficient (Wildman–Crippen LogP) is 6.36. The van der Waals surface area contributed by atoms with Gasteiger partial charge >= 0.3 is 46.5 Å². The lowest BCUT2D eigenvalue weighted by molar-refractivity contribution is -0.497. The van der Waals surface area contributed by atoms with Crippen molar-refractivity contribution in [1.82, 2.24) is 0 Å². The van der Waals surface area contributed by atoms with E-state index in [0.717, 1.165) is 0 Å². The highest BCUT2D eigenvalue weighted by molar-refractivity contribution is 7.94. The molecule has 0 aliphatic heterocycles. The summed E-state index contributed by atoms with van der Waals surface area (Å²) in [6.45, 7) is 0. The van der Waals surface area contributed by atoms with Crippen molar-refractivity contribution >= 4 is 23.6 Å². The van der Waals surface area contributed by atoms with Gasteiger partial charge in [-0.2, -0.15) is 70.2 Å². The summed E-state index contributed by atoms with van der Waals surface area (Å²) in [5.41, 5.74) is 0. The van der Waals surface area contributed by atoms with E-state index < -0.39 is 58.6 Å². The molecule has 0 spiro atoms. The highest BCUT2D eigenvalue weighted by Gasteiger charge is 2.91. The van der Waals surface area contributed by atoms with Gasteiger partial charge in [-0.25, -0.2) is 4.74 Å². The number of hydrogen-bond donors (Lipinski definition) is 1. The highest BCUT2D eigenvalue weighted by Crippen LogP contribution is 2.61. The summed E-state index contributed by atoms with van der Waals surface area (Å²) in [5.74, 6) is -32.5. The van der Waals surface area contributed by atoms with Crippen LogP contribution in [0.15, 0.2) is 0 Å². The maximum atomic E-state index is 13.0. The molecule has 28 heavy (non-hydrogen) atoms. The molecular formula is C8HClF16O2S. The highest BCUT2D eigenvalue weighted by atomic mass is 35.5. The summed E-state index contributed by atoms with van der Waals surface area (Å²) in [6.07, 6.45) is -14.8. The first-order chi connectivity index (χ1) is 11.8. The lowest BCUT2D eigenvalue weighted by Crippen LogP contribution is -2.71. The summed E-state index contributed by atoms with van der Waals surface area (Å²) >= 11 is 1.00. The van der Waals surface area contributed by atoms with E-state index in [4.69, 9.17) is 4.55 Å². The molecule has 20 heteroatoms. The molecule has 0 saturated carbocycles. The van der Waals surface area contributed by atoms with Crippen molar-refractivity contribution in [2.24, 2.45) is 0 Å². The topological polar surface area (TPSA) is 29.5 Å². The predicted molar refractivity (Wildman–Crippen MR) is 56.7 cm³/mol. The smallest absolute Gasteiger partial charge is 0.325 e. The minimum absolute atomic E-state index is 1.40. The van der Waals surface area contributed by atoms with Gasteiger partial charge in [0.2, 0.25) is 0 Å². The van der Waals surface area contributed by atoms with Crippen LogP contribution in [-0.4, -0.2) is 51.1 Å². The van der Waals surface area contributed by atoms with Crippen LogP contribution >= 0.6 is 23.6 Å². The number of hydrogen-bond acceptors (Lipinski definition) is 3. The van der Waals surface area contributed by atoms with Gasteiger partial charge in [0.15, 0.2) is 0 Å². The minimum Gasteiger partial charge on any atom is -0.325 e. The van der Waals surface area contributed by atoms with Crippen molar-refractivity contribution < 1.29 is 79.5 Å². The van der Waals surface area contributed by atoms with Crippen molar-refractivity contribution in [1.29, 1.82) is 0 Å². The van der Waals surface area contributed by atoms with Gasteiger partial charge in [0.1, 0.15) is 0 Å². The molecule has 0 rings (SSSR count). The first-order valence-corrected chi connectivity index (χ1v) is 6.66. The Kier molecular flexibility index (Phi) is 6.86. The van der Waals surface area contributed by atoms with Crippen LogP contribution in [0.5, 0.6) is 0 Å². The molecule has 0 aliphatic rings. The second kappa shape index (κ2) is 7.00. The molecule has 0 aliphatic carbocycles. The Hall–Kier alpha value is -0.560. The summed E-state index contributed by atoms with van der Waals surface area (Å²) in [6, 6.07) is 0. The van der Waals surface area contributed by atoms with Gasteiger partial charge in [-0.05, 0) is 11.6 Å². The SMILES string of the molecule is OSC(F)(F)C(F)(F)OC(F)(F)C(F)(F)C(F)(F)C(F)(F)C(F)(F)C(F)(F)Cl. The summed E-state index contributed by atoms with van der Waals surface area (Å²) in [5, 5.41) is -13.0. The Balaban J connectivity index is 6.34. The van der Waals surface area contributed by atoms with Gasteiger partial charge in [0.05, 0.1) is 12.0 Å². The van der Waals surface area contributed by atoms with Crippen molar-refractivity contribution in [2.75, 3.05) is 0 Å². The summed E-state index contributed by atoms with van der Waals surface area (Å²) < 4.78 is 213. The standard InChI is InChI=1S/C8HClF16O2S/c9-5(18,19)3(14,15)1(10,11)2(12,13)4(16,17)6(20,21)27-7(22,23)8(24,25)28-26/h26H. The molecule has 0 aromatic heterocycles. The lowest BCUT2D eigenvalue weighted by atomic mass is 9.97. The molecule has 2 nitrogen and oxygen atoms in total. The number of alkyl halides is 17. The molecule has 170 valence electrons. The third-order valence-corrected chi connectivity index (χ3v) is 3.32. The molecule has 0 fully saturated rings. The Morgan fingerprint density at radius 3 is 1.14 bits per heavy atom. The molecule has 0 heterocycles. The Labute approximate surface area is 150 Å². The first-order valence-electron chi connectivity index (χ1n) is 5.51. The van der Waals surface area contributed by atoms with Crippen LogP contribution in [0.4, 0.5) is 70.2 Å². The number of ether oxygens (including phenoxy) is 1. The molecule has 0 unspecified atom stereocenters. The van der Waals surface area contributed by atoms with Crippen LogP contribution in [-0.2, 0) is 4.74 Å². The van der Waals surface area contributed by atoms with Crippen molar-refractivity contribution in [3.8, 4) is 0 Å². The van der Waals surface area contributed by atoms with E-state index in [2.05, 4.69) is 11.6 Å². The van der Waals surface area contributed by atoms with Crippen molar-refractivity contribution in [2.45, 2.75) is 46.5 Å². The molecule has 0 amide bonds. The molecule has 0 aromatic rings. The third-order valence-electron chi connectivity index (χ3n) is 2.61. The Morgan fingerprint density at radius 2 is 0.857 bits per heavy atom. The molecule has 0 bridgehead atoms. The molecule has 1 N–H and O–H groups in total. The second-order valence-corrected chi connectivity index (χ2v) is 5.71. The van der Waals surface area contributed by atoms with Crippen LogP contribution in [0, 0.1) is 0 Å². The third kappa shape index (κ3) is 3.90. The van der Waals surface area contributed by atoms with Gasteiger partial charge in [0.25, 0.3) is 0 Å². The second-order valence-electron chi connectivity index (χ2n) is 4.54. The summed E-state index contributed by atoms with van der Waals surface area (Å²) in [7, 11) is 0. The Bertz CT molecular complexity index is 571. The van der Waals surface area contributed by atoms with Gasteiger partial charge < -0.3 is 4.55 Å². The fourth-order valence-electron chi connectivity index (χ4n) is 1.09. The summed E-state index contributed by atoms with van der Waals surface area (Å²) in [4.78, 5) is 0. The molecule has 0 atom stereocenters.